The molecular weight excluding hydrogens is 226 g/mol. The fraction of sp³-hybridized carbons (Fsp3) is 0.182. The molecule has 17 heavy (non-hydrogen) atoms. The van der Waals surface area contributed by atoms with Crippen molar-refractivity contribution in [1.82, 2.24) is 0 Å². The highest BCUT2D eigenvalue weighted by molar-refractivity contribution is 5.88. The molecule has 6 nitrogen and oxygen atoms in total. The van der Waals surface area contributed by atoms with Crippen LogP contribution in [0.25, 0.3) is 0 Å². The summed E-state index contributed by atoms with van der Waals surface area (Å²) in [4.78, 5) is 19.9. The molecule has 1 rings (SSSR count). The summed E-state index contributed by atoms with van der Waals surface area (Å²) < 4.78 is 0. The van der Waals surface area contributed by atoms with Crippen LogP contribution in [0.2, 0.25) is 0 Å². The Morgan fingerprint density at radius 2 is 2.18 bits per heavy atom. The van der Waals surface area contributed by atoms with Crippen LogP contribution in [0.4, 0.5) is 5.69 Å². The topological polar surface area (TPSA) is 101 Å². The van der Waals surface area contributed by atoms with Crippen molar-refractivity contribution in [3.63, 3.8) is 0 Å². The largest absolute Gasteiger partial charge is 0.478 e. The number of hydrogen-bond acceptors (Lipinski definition) is 4. The van der Waals surface area contributed by atoms with E-state index in [0.717, 1.165) is 6.07 Å². The molecule has 0 bridgehead atoms. The van der Waals surface area contributed by atoms with Crippen LogP contribution >= 0.6 is 0 Å². The quantitative estimate of drug-likeness (QED) is 0.458. The van der Waals surface area contributed by atoms with Crippen molar-refractivity contribution in [1.29, 1.82) is 0 Å². The number of nitro groups is 1. The summed E-state index contributed by atoms with van der Waals surface area (Å²) in [6.45, 7) is 1.67. The number of benzene rings is 1. The maximum absolute atomic E-state index is 10.4. The summed E-state index contributed by atoms with van der Waals surface area (Å²) in [5, 5.41) is 26.5. The highest BCUT2D eigenvalue weighted by Gasteiger charge is 2.09. The number of carbonyl (C=O) groups is 1. The van der Waals surface area contributed by atoms with E-state index in [1.54, 1.807) is 6.92 Å². The third-order valence-corrected chi connectivity index (χ3v) is 1.56. The van der Waals surface area contributed by atoms with Gasteiger partial charge in [-0.3, -0.25) is 10.1 Å². The molecule has 0 saturated carbocycles. The summed E-state index contributed by atoms with van der Waals surface area (Å²) in [6.07, 6.45) is 0. The molecular formula is C11H11NO5. The highest BCUT2D eigenvalue weighted by Crippen LogP contribution is 2.12. The van der Waals surface area contributed by atoms with Gasteiger partial charge in [0.05, 0.1) is 10.5 Å². The molecule has 0 radical (unpaired) electrons. The molecule has 90 valence electrons. The number of non-ortho nitro benzene ring substituents is 1. The second kappa shape index (κ2) is 7.84. The molecule has 1 aromatic rings. The summed E-state index contributed by atoms with van der Waals surface area (Å²) in [5.74, 6) is 3.77. The zero-order valence-corrected chi connectivity index (χ0v) is 9.08. The van der Waals surface area contributed by atoms with Crippen molar-refractivity contribution in [3.05, 3.63) is 39.9 Å². The van der Waals surface area contributed by atoms with Gasteiger partial charge in [0.1, 0.15) is 6.61 Å². The molecule has 6 heteroatoms. The van der Waals surface area contributed by atoms with E-state index in [4.69, 9.17) is 10.2 Å². The Labute approximate surface area is 97.7 Å². The van der Waals surface area contributed by atoms with E-state index in [1.165, 1.54) is 18.2 Å². The Kier molecular flexibility index (Phi) is 6.74. The SMILES string of the molecule is CC#CCO.O=C(O)c1cccc([N+](=O)[O-])c1. The first-order chi connectivity index (χ1) is 8.02. The first kappa shape index (κ1) is 14.6. The van der Waals surface area contributed by atoms with Crippen LogP contribution in [0.15, 0.2) is 24.3 Å². The molecule has 0 heterocycles. The van der Waals surface area contributed by atoms with E-state index in [0.29, 0.717) is 0 Å². The maximum atomic E-state index is 10.4. The van der Waals surface area contributed by atoms with Crippen LogP contribution in [0.1, 0.15) is 17.3 Å². The average molecular weight is 237 g/mol. The van der Waals surface area contributed by atoms with Crippen molar-refractivity contribution in [2.75, 3.05) is 6.61 Å². The minimum atomic E-state index is -1.17. The van der Waals surface area contributed by atoms with Crippen molar-refractivity contribution in [2.45, 2.75) is 6.92 Å². The van der Waals surface area contributed by atoms with Crippen LogP contribution < -0.4 is 0 Å². The molecule has 2 N–H and O–H groups in total. The number of aliphatic hydroxyl groups excluding tert-OH is 1. The van der Waals surface area contributed by atoms with Gasteiger partial charge in [0.15, 0.2) is 0 Å². The first-order valence-electron chi connectivity index (χ1n) is 4.51. The number of nitrogens with zero attached hydrogens (tertiary/aromatic N) is 1. The van der Waals surface area contributed by atoms with Gasteiger partial charge in [-0.1, -0.05) is 12.0 Å². The second-order valence-electron chi connectivity index (χ2n) is 2.70. The molecule has 1 aromatic carbocycles. The molecule has 0 spiro atoms. The standard InChI is InChI=1S/C7H5NO4.C4H6O/c9-7(10)5-2-1-3-6(4-5)8(11)12;1-2-3-4-5/h1-4H,(H,9,10);5H,4H2,1H3. The summed E-state index contributed by atoms with van der Waals surface area (Å²) >= 11 is 0. The van der Waals surface area contributed by atoms with Gasteiger partial charge in [0, 0.05) is 12.1 Å². The fourth-order valence-electron chi connectivity index (χ4n) is 0.832. The molecule has 0 aliphatic carbocycles. The van der Waals surface area contributed by atoms with Crippen LogP contribution in [0, 0.1) is 22.0 Å². The van der Waals surface area contributed by atoms with Gasteiger partial charge in [0.25, 0.3) is 5.69 Å². The predicted molar refractivity (Wildman–Crippen MR) is 60.6 cm³/mol. The third-order valence-electron chi connectivity index (χ3n) is 1.56. The maximum Gasteiger partial charge on any atom is 0.335 e. The van der Waals surface area contributed by atoms with E-state index in [2.05, 4.69) is 11.8 Å². The highest BCUT2D eigenvalue weighted by atomic mass is 16.6. The van der Waals surface area contributed by atoms with Gasteiger partial charge in [-0.2, -0.15) is 0 Å². The Morgan fingerprint density at radius 3 is 2.53 bits per heavy atom. The van der Waals surface area contributed by atoms with Crippen LogP contribution in [0.5, 0.6) is 0 Å². The minimum Gasteiger partial charge on any atom is -0.478 e. The monoisotopic (exact) mass is 237 g/mol. The predicted octanol–water partition coefficient (Wildman–Crippen LogP) is 1.30. The zero-order valence-electron chi connectivity index (χ0n) is 9.08. The van der Waals surface area contributed by atoms with E-state index in [1.807, 2.05) is 0 Å². The van der Waals surface area contributed by atoms with Crippen molar-refractivity contribution >= 4 is 11.7 Å². The first-order valence-corrected chi connectivity index (χ1v) is 4.51. The van der Waals surface area contributed by atoms with Gasteiger partial charge in [-0.25, -0.2) is 4.79 Å². The fourth-order valence-corrected chi connectivity index (χ4v) is 0.832. The van der Waals surface area contributed by atoms with Gasteiger partial charge in [0.2, 0.25) is 0 Å². The van der Waals surface area contributed by atoms with Gasteiger partial charge >= 0.3 is 5.97 Å². The summed E-state index contributed by atoms with van der Waals surface area (Å²) in [6, 6.07) is 4.89. The lowest BCUT2D eigenvalue weighted by Gasteiger charge is -1.92. The number of aliphatic hydroxyl groups is 1. The molecule has 0 saturated heterocycles. The van der Waals surface area contributed by atoms with E-state index >= 15 is 0 Å². The van der Waals surface area contributed by atoms with Crippen LogP contribution in [0.3, 0.4) is 0 Å². The molecule has 0 fully saturated rings. The van der Waals surface area contributed by atoms with Gasteiger partial charge in [-0.15, -0.1) is 5.92 Å². The normalized spacial score (nSPS) is 8.12. The number of carboxylic acids is 1. The van der Waals surface area contributed by atoms with Gasteiger partial charge in [-0.05, 0) is 13.0 Å². The summed E-state index contributed by atoms with van der Waals surface area (Å²) in [7, 11) is 0. The van der Waals surface area contributed by atoms with E-state index in [-0.39, 0.29) is 17.9 Å². The zero-order chi connectivity index (χ0) is 13.3. The van der Waals surface area contributed by atoms with Gasteiger partial charge < -0.3 is 10.2 Å². The second-order valence-corrected chi connectivity index (χ2v) is 2.70. The number of carboxylic acid groups (broad SMARTS) is 1. The smallest absolute Gasteiger partial charge is 0.335 e. The van der Waals surface area contributed by atoms with Crippen molar-refractivity contribution in [2.24, 2.45) is 0 Å². The average Bonchev–Trinajstić information content (AvgIpc) is 2.31. The minimum absolute atomic E-state index is 0.0174. The molecule has 0 aliphatic heterocycles. The number of hydrogen-bond donors (Lipinski definition) is 2. The van der Waals surface area contributed by atoms with Crippen molar-refractivity contribution < 1.29 is 19.9 Å². The van der Waals surface area contributed by atoms with Crippen molar-refractivity contribution in [3.8, 4) is 11.8 Å². The van der Waals surface area contributed by atoms with E-state index in [9.17, 15) is 14.9 Å². The number of aromatic carboxylic acids is 1. The summed E-state index contributed by atoms with van der Waals surface area (Å²) in [5.41, 5.74) is -0.292. The lowest BCUT2D eigenvalue weighted by atomic mass is 10.2. The Morgan fingerprint density at radius 1 is 1.53 bits per heavy atom. The lowest BCUT2D eigenvalue weighted by Crippen LogP contribution is -1.97. The lowest BCUT2D eigenvalue weighted by molar-refractivity contribution is -0.384. The molecule has 0 aliphatic rings. The molecule has 0 atom stereocenters. The third kappa shape index (κ3) is 5.92. The van der Waals surface area contributed by atoms with Crippen LogP contribution in [-0.4, -0.2) is 27.7 Å². The Balaban J connectivity index is 0.000000437. The van der Waals surface area contributed by atoms with E-state index < -0.39 is 10.9 Å². The Hall–Kier alpha value is -2.39. The molecule has 0 aromatic heterocycles. The van der Waals surface area contributed by atoms with Crippen LogP contribution in [-0.2, 0) is 0 Å². The number of nitro benzene ring substituents is 1. The Bertz CT molecular complexity index is 429. The number of rotatable bonds is 2. The molecule has 0 unspecified atom stereocenters. The molecule has 0 amide bonds.